The van der Waals surface area contributed by atoms with Crippen LogP contribution in [0.5, 0.6) is 6.08 Å². The highest BCUT2D eigenvalue weighted by Crippen LogP contribution is 2.15. The van der Waals surface area contributed by atoms with Crippen LogP contribution in [0.3, 0.4) is 0 Å². The van der Waals surface area contributed by atoms with Gasteiger partial charge in [-0.05, 0) is 31.6 Å². The summed E-state index contributed by atoms with van der Waals surface area (Å²) < 4.78 is 11.7. The first kappa shape index (κ1) is 25.8. The number of ketones is 1. The number of amides is 1. The first-order chi connectivity index (χ1) is 16.7. The largest absolute Gasteiger partial charge is 0.447 e. The van der Waals surface area contributed by atoms with Crippen LogP contribution in [0.25, 0.3) is 11.4 Å². The number of carbonyl (C=O) groups is 2. The molecular weight excluding hydrogens is 452 g/mol. The molecule has 3 aromatic rings. The van der Waals surface area contributed by atoms with Crippen LogP contribution < -0.4 is 15.6 Å². The first-order valence-electron chi connectivity index (χ1n) is 11.3. The highest BCUT2D eigenvalue weighted by molar-refractivity contribution is 5.99. The summed E-state index contributed by atoms with van der Waals surface area (Å²) in [5, 5.41) is 6.43. The molecule has 0 fully saturated rings. The van der Waals surface area contributed by atoms with E-state index in [0.29, 0.717) is 31.0 Å². The van der Waals surface area contributed by atoms with Crippen molar-refractivity contribution in [1.82, 2.24) is 29.9 Å². The number of carbonyl (C=O) groups excluding carboxylic acids is 2. The van der Waals surface area contributed by atoms with Crippen LogP contribution in [0, 0.1) is 5.92 Å². The monoisotopic (exact) mass is 482 g/mol. The van der Waals surface area contributed by atoms with Crippen molar-refractivity contribution in [3.8, 4) is 17.5 Å². The minimum Gasteiger partial charge on any atom is -0.447 e. The van der Waals surface area contributed by atoms with E-state index in [2.05, 4.69) is 20.4 Å². The van der Waals surface area contributed by atoms with Crippen LogP contribution in [0.1, 0.15) is 30.9 Å². The molecule has 1 atom stereocenters. The molecule has 0 radical (unpaired) electrons. The van der Waals surface area contributed by atoms with Crippen LogP contribution in [0.2, 0.25) is 0 Å². The Morgan fingerprint density at radius 1 is 1.17 bits per heavy atom. The van der Waals surface area contributed by atoms with E-state index in [9.17, 15) is 14.4 Å². The molecule has 0 saturated heterocycles. The van der Waals surface area contributed by atoms with Crippen LogP contribution >= 0.6 is 0 Å². The number of benzene rings is 1. The number of nitrogens with zero attached hydrogens (tertiary/aromatic N) is 5. The number of hydrogen-bond donors (Lipinski definition) is 1. The molecule has 11 heteroatoms. The van der Waals surface area contributed by atoms with Crippen LogP contribution in [-0.4, -0.2) is 69.6 Å². The molecule has 1 unspecified atom stereocenters. The molecule has 11 nitrogen and oxygen atoms in total. The van der Waals surface area contributed by atoms with Gasteiger partial charge in [0.15, 0.2) is 0 Å². The number of aromatic nitrogens is 4. The Kier molecular flexibility index (Phi) is 8.85. The minimum atomic E-state index is -0.901. The van der Waals surface area contributed by atoms with Gasteiger partial charge in [0.1, 0.15) is 19.0 Å². The molecule has 1 aromatic carbocycles. The number of ether oxygens (including phenoxy) is 1. The topological polar surface area (TPSA) is 132 Å². The van der Waals surface area contributed by atoms with Gasteiger partial charge in [0.2, 0.25) is 17.5 Å². The Bertz CT molecular complexity index is 1190. The maximum atomic E-state index is 13.1. The van der Waals surface area contributed by atoms with Crippen LogP contribution in [0.15, 0.2) is 51.9 Å². The lowest BCUT2D eigenvalue weighted by atomic mass is 10.00. The molecule has 0 aliphatic heterocycles. The van der Waals surface area contributed by atoms with Gasteiger partial charge in [-0.15, -0.1) is 4.98 Å². The zero-order valence-electron chi connectivity index (χ0n) is 20.3. The van der Waals surface area contributed by atoms with Gasteiger partial charge in [0.05, 0.1) is 6.04 Å². The third-order valence-corrected chi connectivity index (χ3v) is 5.02. The lowest BCUT2D eigenvalue weighted by Crippen LogP contribution is -2.44. The van der Waals surface area contributed by atoms with Gasteiger partial charge >= 0.3 is 6.08 Å². The summed E-state index contributed by atoms with van der Waals surface area (Å²) >= 11 is 0. The van der Waals surface area contributed by atoms with Crippen LogP contribution in [0.4, 0.5) is 0 Å². The summed E-state index contributed by atoms with van der Waals surface area (Å²) in [6.07, 6.45) is 1.64. The lowest BCUT2D eigenvalue weighted by molar-refractivity contribution is -0.122. The van der Waals surface area contributed by atoms with Gasteiger partial charge in [-0.1, -0.05) is 44.2 Å². The molecule has 186 valence electrons. The summed E-state index contributed by atoms with van der Waals surface area (Å²) in [5.41, 5.74) is 0.319. The zero-order valence-corrected chi connectivity index (χ0v) is 20.3. The molecule has 0 saturated carbocycles. The van der Waals surface area contributed by atoms with Crippen LogP contribution in [-0.2, 0) is 11.3 Å². The van der Waals surface area contributed by atoms with Crippen molar-refractivity contribution < 1.29 is 18.8 Å². The van der Waals surface area contributed by atoms with E-state index in [0.717, 1.165) is 0 Å². The minimum absolute atomic E-state index is 0.0907. The molecule has 2 aromatic heterocycles. The number of hydrogen-bond acceptors (Lipinski definition) is 9. The summed E-state index contributed by atoms with van der Waals surface area (Å²) in [6.45, 7) is 4.51. The molecule has 0 bridgehead atoms. The van der Waals surface area contributed by atoms with Gasteiger partial charge in [0, 0.05) is 24.4 Å². The standard InChI is InChI=1S/C24H30N6O5/c1-16(2)14-18(21(33)22-27-24(35-28-22)34-13-12-29(3)4)26-19(31)15-30-20(32)10-11-25-23(30)17-8-6-5-7-9-17/h5-11,16,18H,12-15H2,1-4H3,(H,26,31). The van der Waals surface area contributed by atoms with E-state index in [1.165, 1.54) is 16.8 Å². The summed E-state index contributed by atoms with van der Waals surface area (Å²) in [5.74, 6) is -0.743. The molecule has 0 aliphatic rings. The molecule has 35 heavy (non-hydrogen) atoms. The van der Waals surface area contributed by atoms with Crippen molar-refractivity contribution in [2.45, 2.75) is 32.9 Å². The SMILES string of the molecule is CC(C)CC(NC(=O)Cn1c(-c2ccccc2)nccc1=O)C(=O)c1noc(OCCN(C)C)n1. The Morgan fingerprint density at radius 2 is 1.91 bits per heavy atom. The van der Waals surface area contributed by atoms with Crippen molar-refractivity contribution >= 4 is 11.7 Å². The van der Waals surface area contributed by atoms with Gasteiger partial charge in [0.25, 0.3) is 5.56 Å². The Hall–Kier alpha value is -3.86. The average molecular weight is 483 g/mol. The highest BCUT2D eigenvalue weighted by atomic mass is 16.6. The van der Waals surface area contributed by atoms with Crippen molar-refractivity contribution in [3.05, 3.63) is 58.8 Å². The van der Waals surface area contributed by atoms with E-state index < -0.39 is 17.7 Å². The zero-order chi connectivity index (χ0) is 25.4. The van der Waals surface area contributed by atoms with Crippen molar-refractivity contribution in [1.29, 1.82) is 0 Å². The molecule has 0 aliphatic carbocycles. The number of rotatable bonds is 12. The molecular formula is C24H30N6O5. The maximum absolute atomic E-state index is 13.1. The van der Waals surface area contributed by atoms with Crippen molar-refractivity contribution in [2.75, 3.05) is 27.2 Å². The summed E-state index contributed by atoms with van der Waals surface area (Å²) in [4.78, 5) is 48.8. The quantitative estimate of drug-likeness (QED) is 0.383. The van der Waals surface area contributed by atoms with Gasteiger partial charge < -0.3 is 15.0 Å². The molecule has 2 heterocycles. The molecule has 1 N–H and O–H groups in total. The lowest BCUT2D eigenvalue weighted by Gasteiger charge is -2.19. The number of nitrogens with one attached hydrogen (secondary N) is 1. The van der Waals surface area contributed by atoms with E-state index >= 15 is 0 Å². The van der Waals surface area contributed by atoms with E-state index in [1.54, 1.807) is 12.1 Å². The van der Waals surface area contributed by atoms with Gasteiger partial charge in [-0.25, -0.2) is 4.98 Å². The smallest absolute Gasteiger partial charge is 0.417 e. The van der Waals surface area contributed by atoms with E-state index in [-0.39, 0.29) is 29.9 Å². The highest BCUT2D eigenvalue weighted by Gasteiger charge is 2.28. The third kappa shape index (κ3) is 7.31. The average Bonchev–Trinajstić information content (AvgIpc) is 3.28. The van der Waals surface area contributed by atoms with Crippen molar-refractivity contribution in [2.24, 2.45) is 5.92 Å². The van der Waals surface area contributed by atoms with Gasteiger partial charge in [-0.3, -0.25) is 23.5 Å². The second kappa shape index (κ2) is 12.0. The third-order valence-electron chi connectivity index (χ3n) is 5.02. The molecule has 3 rings (SSSR count). The van der Waals surface area contributed by atoms with E-state index in [1.807, 2.05) is 51.0 Å². The predicted octanol–water partition coefficient (Wildman–Crippen LogP) is 1.65. The Balaban J connectivity index is 1.74. The number of likely N-dealkylation sites (N-methyl/N-ethyl adjacent to an activating group) is 1. The van der Waals surface area contributed by atoms with Crippen molar-refractivity contribution in [3.63, 3.8) is 0 Å². The van der Waals surface area contributed by atoms with Gasteiger partial charge in [-0.2, -0.15) is 0 Å². The Labute approximate surface area is 203 Å². The molecule has 0 spiro atoms. The predicted molar refractivity (Wildman–Crippen MR) is 128 cm³/mol. The normalized spacial score (nSPS) is 12.1. The summed E-state index contributed by atoms with van der Waals surface area (Å²) in [7, 11) is 3.79. The fourth-order valence-corrected chi connectivity index (χ4v) is 3.33. The maximum Gasteiger partial charge on any atom is 0.417 e. The second-order valence-corrected chi connectivity index (χ2v) is 8.71. The molecule has 1 amide bonds. The first-order valence-corrected chi connectivity index (χ1v) is 11.3. The Morgan fingerprint density at radius 3 is 2.60 bits per heavy atom. The fourth-order valence-electron chi connectivity index (χ4n) is 3.33. The summed E-state index contributed by atoms with van der Waals surface area (Å²) in [6, 6.07) is 9.47. The number of Topliss-reactive ketones (excluding diaryl/α,β-unsaturated/α-hetero) is 1. The second-order valence-electron chi connectivity index (χ2n) is 8.71. The van der Waals surface area contributed by atoms with E-state index in [4.69, 9.17) is 9.26 Å². The fraction of sp³-hybridized carbons (Fsp3) is 0.417.